The first-order chi connectivity index (χ1) is 8.85. The Balaban J connectivity index is 1.52. The van der Waals surface area contributed by atoms with Crippen molar-refractivity contribution < 1.29 is 0 Å². The number of aromatic nitrogens is 1. The quantitative estimate of drug-likeness (QED) is 0.891. The molecule has 5 heteroatoms. The molecule has 2 fully saturated rings. The van der Waals surface area contributed by atoms with Crippen molar-refractivity contribution in [3.8, 4) is 0 Å². The summed E-state index contributed by atoms with van der Waals surface area (Å²) in [6.07, 6.45) is 4.11. The van der Waals surface area contributed by atoms with Gasteiger partial charge in [0.15, 0.2) is 0 Å². The van der Waals surface area contributed by atoms with Gasteiger partial charge in [0, 0.05) is 37.6 Å². The summed E-state index contributed by atoms with van der Waals surface area (Å²) in [6.45, 7) is 6.63. The number of rotatable bonds is 4. The molecule has 18 heavy (non-hydrogen) atoms. The number of hydrogen-bond acceptors (Lipinski definition) is 5. The van der Waals surface area contributed by atoms with E-state index in [-0.39, 0.29) is 0 Å². The molecule has 0 bridgehead atoms. The summed E-state index contributed by atoms with van der Waals surface area (Å²) < 4.78 is 0. The highest BCUT2D eigenvalue weighted by atomic mass is 32.1. The second kappa shape index (κ2) is 5.65. The maximum absolute atomic E-state index is 5.60. The molecule has 2 N–H and O–H groups in total. The van der Waals surface area contributed by atoms with E-state index in [1.54, 1.807) is 11.3 Å². The first-order valence-electron chi connectivity index (χ1n) is 6.95. The zero-order chi connectivity index (χ0) is 12.4. The third kappa shape index (κ3) is 2.74. The molecule has 0 radical (unpaired) electrons. The summed E-state index contributed by atoms with van der Waals surface area (Å²) in [5.41, 5.74) is 6.80. The van der Waals surface area contributed by atoms with Gasteiger partial charge in [0.25, 0.3) is 0 Å². The van der Waals surface area contributed by atoms with Crippen LogP contribution in [0.25, 0.3) is 0 Å². The van der Waals surface area contributed by atoms with E-state index in [0.29, 0.717) is 6.54 Å². The van der Waals surface area contributed by atoms with Crippen LogP contribution in [0.15, 0.2) is 5.38 Å². The Morgan fingerprint density at radius 3 is 2.89 bits per heavy atom. The minimum absolute atomic E-state index is 0.571. The highest BCUT2D eigenvalue weighted by Crippen LogP contribution is 2.22. The van der Waals surface area contributed by atoms with E-state index >= 15 is 0 Å². The molecule has 0 aromatic carbocycles. The first kappa shape index (κ1) is 12.5. The highest BCUT2D eigenvalue weighted by molar-refractivity contribution is 7.09. The molecule has 2 aliphatic heterocycles. The van der Waals surface area contributed by atoms with Gasteiger partial charge in [-0.05, 0) is 32.4 Å². The molecule has 0 amide bonds. The van der Waals surface area contributed by atoms with Gasteiger partial charge in [-0.15, -0.1) is 11.3 Å². The van der Waals surface area contributed by atoms with Crippen LogP contribution in [0.2, 0.25) is 0 Å². The molecule has 100 valence electrons. The molecule has 2 aliphatic rings. The average Bonchev–Trinajstić information content (AvgIpc) is 3.10. The van der Waals surface area contributed by atoms with Crippen LogP contribution in [-0.2, 0) is 13.1 Å². The summed E-state index contributed by atoms with van der Waals surface area (Å²) in [4.78, 5) is 9.77. The second-order valence-electron chi connectivity index (χ2n) is 5.36. The van der Waals surface area contributed by atoms with Crippen molar-refractivity contribution in [2.75, 3.05) is 26.2 Å². The van der Waals surface area contributed by atoms with E-state index in [0.717, 1.165) is 17.6 Å². The maximum atomic E-state index is 5.60. The van der Waals surface area contributed by atoms with Crippen LogP contribution in [0, 0.1) is 0 Å². The van der Waals surface area contributed by atoms with E-state index in [1.807, 2.05) is 0 Å². The third-order valence-corrected chi connectivity index (χ3v) is 4.98. The lowest BCUT2D eigenvalue weighted by molar-refractivity contribution is 0.229. The van der Waals surface area contributed by atoms with Gasteiger partial charge in [0.05, 0.1) is 5.69 Å². The van der Waals surface area contributed by atoms with Crippen molar-refractivity contribution in [3.63, 3.8) is 0 Å². The van der Waals surface area contributed by atoms with Crippen LogP contribution in [0.3, 0.4) is 0 Å². The number of likely N-dealkylation sites (tertiary alicyclic amines) is 2. The highest BCUT2D eigenvalue weighted by Gasteiger charge is 2.29. The Bertz CT molecular complexity index is 386. The molecule has 1 atom stereocenters. The summed E-state index contributed by atoms with van der Waals surface area (Å²) in [6, 6.07) is 0.792. The van der Waals surface area contributed by atoms with Gasteiger partial charge < -0.3 is 5.73 Å². The molecule has 1 aromatic rings. The summed E-state index contributed by atoms with van der Waals surface area (Å²) in [5, 5.41) is 3.21. The SMILES string of the molecule is NCc1nc(CN2CCC(N3CCCC3)C2)cs1. The van der Waals surface area contributed by atoms with Crippen LogP contribution < -0.4 is 5.73 Å². The fraction of sp³-hybridized carbons (Fsp3) is 0.769. The fourth-order valence-corrected chi connectivity index (χ4v) is 3.77. The lowest BCUT2D eigenvalue weighted by Crippen LogP contribution is -2.35. The molecule has 3 heterocycles. The van der Waals surface area contributed by atoms with Gasteiger partial charge in [-0.3, -0.25) is 9.80 Å². The fourth-order valence-electron chi connectivity index (χ4n) is 3.10. The van der Waals surface area contributed by atoms with Crippen molar-refractivity contribution in [2.24, 2.45) is 5.73 Å². The minimum Gasteiger partial charge on any atom is -0.325 e. The summed E-state index contributed by atoms with van der Waals surface area (Å²) in [5.74, 6) is 0. The predicted octanol–water partition coefficient (Wildman–Crippen LogP) is 1.27. The number of nitrogens with zero attached hydrogens (tertiary/aromatic N) is 3. The summed E-state index contributed by atoms with van der Waals surface area (Å²) >= 11 is 1.69. The lowest BCUT2D eigenvalue weighted by atomic mass is 10.2. The van der Waals surface area contributed by atoms with Crippen molar-refractivity contribution in [3.05, 3.63) is 16.1 Å². The molecular weight excluding hydrogens is 244 g/mol. The number of nitrogens with two attached hydrogens (primary N) is 1. The maximum Gasteiger partial charge on any atom is 0.106 e. The van der Waals surface area contributed by atoms with Gasteiger partial charge in [-0.25, -0.2) is 4.98 Å². The van der Waals surface area contributed by atoms with E-state index in [1.165, 1.54) is 51.1 Å². The Morgan fingerprint density at radius 1 is 1.33 bits per heavy atom. The molecule has 2 saturated heterocycles. The average molecular weight is 266 g/mol. The van der Waals surface area contributed by atoms with Crippen LogP contribution in [0.1, 0.15) is 30.0 Å². The largest absolute Gasteiger partial charge is 0.325 e. The number of thiazole rings is 1. The van der Waals surface area contributed by atoms with Crippen molar-refractivity contribution >= 4 is 11.3 Å². The standard InChI is InChI=1S/C13H22N4S/c14-7-13-15-11(10-18-13)8-16-6-3-12(9-16)17-4-1-2-5-17/h10,12H,1-9,14H2. The summed E-state index contributed by atoms with van der Waals surface area (Å²) in [7, 11) is 0. The van der Waals surface area contributed by atoms with Crippen molar-refractivity contribution in [1.82, 2.24) is 14.8 Å². The smallest absolute Gasteiger partial charge is 0.106 e. The van der Waals surface area contributed by atoms with E-state index in [9.17, 15) is 0 Å². The van der Waals surface area contributed by atoms with Crippen LogP contribution in [0.5, 0.6) is 0 Å². The van der Waals surface area contributed by atoms with E-state index < -0.39 is 0 Å². The van der Waals surface area contributed by atoms with Gasteiger partial charge in [0.2, 0.25) is 0 Å². The van der Waals surface area contributed by atoms with Gasteiger partial charge >= 0.3 is 0 Å². The second-order valence-corrected chi connectivity index (χ2v) is 6.30. The molecule has 0 saturated carbocycles. The van der Waals surface area contributed by atoms with Crippen LogP contribution in [0.4, 0.5) is 0 Å². The Kier molecular flexibility index (Phi) is 3.94. The van der Waals surface area contributed by atoms with E-state index in [2.05, 4.69) is 20.2 Å². The monoisotopic (exact) mass is 266 g/mol. The Hall–Kier alpha value is -0.490. The van der Waals surface area contributed by atoms with Crippen molar-refractivity contribution in [2.45, 2.75) is 38.4 Å². The topological polar surface area (TPSA) is 45.4 Å². The van der Waals surface area contributed by atoms with Gasteiger partial charge in [0.1, 0.15) is 5.01 Å². The first-order valence-corrected chi connectivity index (χ1v) is 7.83. The number of hydrogen-bond donors (Lipinski definition) is 1. The molecular formula is C13H22N4S. The Labute approximate surface area is 113 Å². The molecule has 1 unspecified atom stereocenters. The minimum atomic E-state index is 0.571. The van der Waals surface area contributed by atoms with Crippen LogP contribution in [-0.4, -0.2) is 47.0 Å². The molecule has 0 spiro atoms. The normalized spacial score (nSPS) is 26.2. The molecule has 3 rings (SSSR count). The lowest BCUT2D eigenvalue weighted by Gasteiger charge is -2.23. The van der Waals surface area contributed by atoms with Gasteiger partial charge in [-0.2, -0.15) is 0 Å². The Morgan fingerprint density at radius 2 is 2.17 bits per heavy atom. The van der Waals surface area contributed by atoms with E-state index in [4.69, 9.17) is 5.73 Å². The van der Waals surface area contributed by atoms with Crippen molar-refractivity contribution in [1.29, 1.82) is 0 Å². The molecule has 4 nitrogen and oxygen atoms in total. The van der Waals surface area contributed by atoms with Crippen LogP contribution >= 0.6 is 11.3 Å². The predicted molar refractivity (Wildman–Crippen MR) is 74.5 cm³/mol. The molecule has 1 aromatic heterocycles. The zero-order valence-corrected chi connectivity index (χ0v) is 11.7. The molecule has 0 aliphatic carbocycles. The zero-order valence-electron chi connectivity index (χ0n) is 10.8. The third-order valence-electron chi connectivity index (χ3n) is 4.06. The van der Waals surface area contributed by atoms with Gasteiger partial charge in [-0.1, -0.05) is 0 Å².